The molecule has 2 aromatic rings. The fraction of sp³-hybridized carbons (Fsp3) is 0.333. The fourth-order valence-electron chi connectivity index (χ4n) is 1.65. The van der Waals surface area contributed by atoms with Crippen LogP contribution in [-0.4, -0.2) is 20.4 Å². The summed E-state index contributed by atoms with van der Waals surface area (Å²) in [5.41, 5.74) is 0.657. The first-order valence-electron chi connectivity index (χ1n) is 5.45. The third kappa shape index (κ3) is 1.63. The normalized spacial score (nSPS) is 17.0. The molecule has 0 unspecified atom stereocenters. The van der Waals surface area contributed by atoms with E-state index in [0.717, 1.165) is 12.8 Å². The molecule has 5 nitrogen and oxygen atoms in total. The standard InChI is InChI=1S/C12H12N2O3/c1-12(4-5-12)11-13-10(17-14-11)7-2-3-8(15)9(16)6-7/h2-3,6,15-16H,4-5H2,1H3. The monoisotopic (exact) mass is 232 g/mol. The summed E-state index contributed by atoms with van der Waals surface area (Å²) < 4.78 is 5.16. The van der Waals surface area contributed by atoms with E-state index >= 15 is 0 Å². The Morgan fingerprint density at radius 2 is 2.00 bits per heavy atom. The number of nitrogens with zero attached hydrogens (tertiary/aromatic N) is 2. The number of benzene rings is 1. The Labute approximate surface area is 97.7 Å². The Kier molecular flexibility index (Phi) is 1.92. The first-order valence-corrected chi connectivity index (χ1v) is 5.45. The van der Waals surface area contributed by atoms with Crippen molar-refractivity contribution in [3.63, 3.8) is 0 Å². The Morgan fingerprint density at radius 1 is 1.24 bits per heavy atom. The summed E-state index contributed by atoms with van der Waals surface area (Å²) in [5, 5.41) is 22.6. The Balaban J connectivity index is 1.98. The maximum absolute atomic E-state index is 9.40. The average Bonchev–Trinajstić information content (AvgIpc) is 2.88. The van der Waals surface area contributed by atoms with E-state index in [0.29, 0.717) is 17.3 Å². The zero-order valence-electron chi connectivity index (χ0n) is 9.34. The molecule has 1 saturated carbocycles. The zero-order valence-corrected chi connectivity index (χ0v) is 9.34. The van der Waals surface area contributed by atoms with Crippen LogP contribution < -0.4 is 0 Å². The quantitative estimate of drug-likeness (QED) is 0.776. The van der Waals surface area contributed by atoms with Crippen molar-refractivity contribution >= 4 is 0 Å². The van der Waals surface area contributed by atoms with Crippen molar-refractivity contribution in [1.82, 2.24) is 10.1 Å². The molecule has 1 heterocycles. The van der Waals surface area contributed by atoms with E-state index in [4.69, 9.17) is 4.52 Å². The highest BCUT2D eigenvalue weighted by atomic mass is 16.5. The van der Waals surface area contributed by atoms with Crippen LogP contribution in [0.5, 0.6) is 11.5 Å². The summed E-state index contributed by atoms with van der Waals surface area (Å²) >= 11 is 0. The molecule has 0 atom stereocenters. The predicted octanol–water partition coefficient (Wildman–Crippen LogP) is 2.20. The topological polar surface area (TPSA) is 79.4 Å². The molecule has 0 spiro atoms. The number of aromatic nitrogens is 2. The van der Waals surface area contributed by atoms with Gasteiger partial charge in [-0.15, -0.1) is 0 Å². The predicted molar refractivity (Wildman–Crippen MR) is 59.6 cm³/mol. The van der Waals surface area contributed by atoms with Crippen LogP contribution in [0.4, 0.5) is 0 Å². The summed E-state index contributed by atoms with van der Waals surface area (Å²) in [4.78, 5) is 4.31. The van der Waals surface area contributed by atoms with Gasteiger partial charge in [-0.25, -0.2) is 0 Å². The molecule has 1 aliphatic carbocycles. The van der Waals surface area contributed by atoms with Gasteiger partial charge < -0.3 is 14.7 Å². The minimum absolute atomic E-state index is 0.0563. The molecule has 88 valence electrons. The van der Waals surface area contributed by atoms with Gasteiger partial charge in [0.15, 0.2) is 17.3 Å². The smallest absolute Gasteiger partial charge is 0.258 e. The average molecular weight is 232 g/mol. The number of phenols is 2. The molecule has 1 aliphatic rings. The summed E-state index contributed by atoms with van der Waals surface area (Å²) in [6, 6.07) is 4.43. The first kappa shape index (κ1) is 10.1. The van der Waals surface area contributed by atoms with Gasteiger partial charge in [-0.05, 0) is 31.0 Å². The van der Waals surface area contributed by atoms with Gasteiger partial charge in [-0.2, -0.15) is 4.98 Å². The van der Waals surface area contributed by atoms with Crippen LogP contribution in [0.1, 0.15) is 25.6 Å². The van der Waals surface area contributed by atoms with Crippen LogP contribution in [0.2, 0.25) is 0 Å². The summed E-state index contributed by atoms with van der Waals surface area (Å²) in [6.45, 7) is 2.09. The van der Waals surface area contributed by atoms with Crippen molar-refractivity contribution < 1.29 is 14.7 Å². The number of hydrogen-bond acceptors (Lipinski definition) is 5. The minimum atomic E-state index is -0.195. The largest absolute Gasteiger partial charge is 0.504 e. The Bertz CT molecular complexity index is 573. The molecule has 2 N–H and O–H groups in total. The van der Waals surface area contributed by atoms with Gasteiger partial charge in [0.2, 0.25) is 0 Å². The molecular formula is C12H12N2O3. The molecule has 17 heavy (non-hydrogen) atoms. The maximum Gasteiger partial charge on any atom is 0.258 e. The van der Waals surface area contributed by atoms with E-state index in [1.165, 1.54) is 12.1 Å². The van der Waals surface area contributed by atoms with Crippen molar-refractivity contribution in [2.45, 2.75) is 25.2 Å². The number of aromatic hydroxyl groups is 2. The van der Waals surface area contributed by atoms with Crippen molar-refractivity contribution in [3.05, 3.63) is 24.0 Å². The summed E-state index contributed by atoms with van der Waals surface area (Å²) in [7, 11) is 0. The second-order valence-corrected chi connectivity index (χ2v) is 4.69. The fourth-order valence-corrected chi connectivity index (χ4v) is 1.65. The maximum atomic E-state index is 9.40. The molecular weight excluding hydrogens is 220 g/mol. The molecule has 1 aromatic heterocycles. The van der Waals surface area contributed by atoms with Gasteiger partial charge in [0, 0.05) is 11.0 Å². The highest BCUT2D eigenvalue weighted by Gasteiger charge is 2.43. The van der Waals surface area contributed by atoms with Crippen molar-refractivity contribution in [3.8, 4) is 23.0 Å². The van der Waals surface area contributed by atoms with Gasteiger partial charge in [-0.3, -0.25) is 0 Å². The van der Waals surface area contributed by atoms with Gasteiger partial charge in [0.05, 0.1) is 0 Å². The molecule has 1 fully saturated rings. The number of hydrogen-bond donors (Lipinski definition) is 2. The van der Waals surface area contributed by atoms with Crippen molar-refractivity contribution in [2.75, 3.05) is 0 Å². The van der Waals surface area contributed by atoms with E-state index in [9.17, 15) is 10.2 Å². The molecule has 0 bridgehead atoms. The highest BCUT2D eigenvalue weighted by molar-refractivity contribution is 5.59. The molecule has 0 amide bonds. The second-order valence-electron chi connectivity index (χ2n) is 4.69. The molecule has 5 heteroatoms. The van der Waals surface area contributed by atoms with Crippen LogP contribution in [0.25, 0.3) is 11.5 Å². The van der Waals surface area contributed by atoms with Crippen molar-refractivity contribution in [1.29, 1.82) is 0 Å². The summed E-state index contributed by atoms with van der Waals surface area (Å²) in [6.07, 6.45) is 2.15. The van der Waals surface area contributed by atoms with Crippen LogP contribution >= 0.6 is 0 Å². The molecule has 0 radical (unpaired) electrons. The van der Waals surface area contributed by atoms with Crippen LogP contribution in [0.15, 0.2) is 22.7 Å². The van der Waals surface area contributed by atoms with Gasteiger partial charge in [0.1, 0.15) is 0 Å². The van der Waals surface area contributed by atoms with Crippen LogP contribution in [-0.2, 0) is 5.41 Å². The SMILES string of the molecule is CC1(c2noc(-c3ccc(O)c(O)c3)n2)CC1. The van der Waals surface area contributed by atoms with E-state index in [-0.39, 0.29) is 16.9 Å². The van der Waals surface area contributed by atoms with Gasteiger partial charge >= 0.3 is 0 Å². The Morgan fingerprint density at radius 3 is 2.65 bits per heavy atom. The van der Waals surface area contributed by atoms with Gasteiger partial charge in [0.25, 0.3) is 5.89 Å². The highest BCUT2D eigenvalue weighted by Crippen LogP contribution is 2.46. The lowest BCUT2D eigenvalue weighted by molar-refractivity contribution is 0.401. The first-order chi connectivity index (χ1) is 8.08. The van der Waals surface area contributed by atoms with E-state index in [1.54, 1.807) is 6.07 Å². The van der Waals surface area contributed by atoms with E-state index < -0.39 is 0 Å². The van der Waals surface area contributed by atoms with Crippen molar-refractivity contribution in [2.24, 2.45) is 0 Å². The lowest BCUT2D eigenvalue weighted by Crippen LogP contribution is -2.01. The van der Waals surface area contributed by atoms with Crippen LogP contribution in [0.3, 0.4) is 0 Å². The molecule has 0 aliphatic heterocycles. The van der Waals surface area contributed by atoms with Crippen LogP contribution in [0, 0.1) is 0 Å². The van der Waals surface area contributed by atoms with Gasteiger partial charge in [-0.1, -0.05) is 12.1 Å². The van der Waals surface area contributed by atoms with E-state index in [1.807, 2.05) is 0 Å². The zero-order chi connectivity index (χ0) is 12.0. The molecule has 0 saturated heterocycles. The lowest BCUT2D eigenvalue weighted by atomic mass is 10.1. The number of rotatable bonds is 2. The second kappa shape index (κ2) is 3.23. The third-order valence-corrected chi connectivity index (χ3v) is 3.19. The summed E-state index contributed by atoms with van der Waals surface area (Å²) in [5.74, 6) is 0.714. The number of phenolic OH excluding ortho intramolecular Hbond substituents is 2. The molecule has 3 rings (SSSR count). The van der Waals surface area contributed by atoms with E-state index in [2.05, 4.69) is 17.1 Å². The Hall–Kier alpha value is -2.04. The minimum Gasteiger partial charge on any atom is -0.504 e. The third-order valence-electron chi connectivity index (χ3n) is 3.19. The lowest BCUT2D eigenvalue weighted by Gasteiger charge is -1.99. The molecule has 1 aromatic carbocycles.